The zero-order valence-electron chi connectivity index (χ0n) is 9.49. The van der Waals surface area contributed by atoms with Crippen molar-refractivity contribution in [1.29, 1.82) is 0 Å². The minimum atomic E-state index is -7.02. The van der Waals surface area contributed by atoms with Crippen LogP contribution in [-0.2, 0) is 9.59 Å². The highest BCUT2D eigenvalue weighted by Crippen LogP contribution is 2.50. The first-order valence-electron chi connectivity index (χ1n) is 4.50. The van der Waals surface area contributed by atoms with Crippen molar-refractivity contribution in [1.82, 2.24) is 0 Å². The minimum absolute atomic E-state index is 3.63. The molecule has 0 aromatic carbocycles. The summed E-state index contributed by atoms with van der Waals surface area (Å²) in [6.45, 7) is 0. The van der Waals surface area contributed by atoms with Gasteiger partial charge in [-0.3, -0.25) is 0 Å². The molecule has 128 valence electrons. The highest BCUT2D eigenvalue weighted by Gasteiger charge is 2.73. The fraction of sp³-hybridized carbons (Fsp3) is 0.500. The van der Waals surface area contributed by atoms with E-state index in [2.05, 4.69) is 0 Å². The smallest absolute Gasteiger partial charge is 0.438 e. The average molecular weight is 352 g/mol. The van der Waals surface area contributed by atoms with Gasteiger partial charge in [-0.05, 0) is 0 Å². The summed E-state index contributed by atoms with van der Waals surface area (Å²) in [5.74, 6) is -7.64. The molecule has 0 heterocycles. The van der Waals surface area contributed by atoms with Gasteiger partial charge in [0.2, 0.25) is 0 Å². The fourth-order valence-corrected chi connectivity index (χ4v) is 1.25. The molecule has 0 radical (unpaired) electrons. The number of carbonyl (C=O) groups is 2. The van der Waals surface area contributed by atoms with Crippen molar-refractivity contribution < 1.29 is 63.7 Å². The first kappa shape index (κ1) is 20.0. The predicted octanol–water partition coefficient (Wildman–Crippen LogP) is 2.85. The second-order valence-corrected chi connectivity index (χ2v) is 3.51. The largest absolute Gasteiger partial charge is 0.478 e. The molecule has 0 saturated carbocycles. The Bertz CT molecular complexity index is 510. The van der Waals surface area contributed by atoms with E-state index in [9.17, 15) is 53.5 Å². The molecule has 0 saturated heterocycles. The summed E-state index contributed by atoms with van der Waals surface area (Å²) in [4.78, 5) is 20.4. The van der Waals surface area contributed by atoms with Crippen LogP contribution in [0.4, 0.5) is 43.9 Å². The summed E-state index contributed by atoms with van der Waals surface area (Å²) in [7, 11) is 0. The van der Waals surface area contributed by atoms with Crippen molar-refractivity contribution in [2.45, 2.75) is 24.2 Å². The summed E-state index contributed by atoms with van der Waals surface area (Å²) in [5.41, 5.74) is -15.1. The van der Waals surface area contributed by atoms with Crippen molar-refractivity contribution in [2.24, 2.45) is 0 Å². The molecule has 14 heteroatoms. The summed E-state index contributed by atoms with van der Waals surface area (Å²) in [6.07, 6.45) is -20.5. The number of hydrogen-bond donors (Lipinski definition) is 2. The molecule has 0 fully saturated rings. The molecule has 0 aliphatic rings. The Morgan fingerprint density at radius 1 is 0.682 bits per heavy atom. The molecule has 0 aliphatic carbocycles. The third-order valence-corrected chi connectivity index (χ3v) is 2.06. The standard InChI is InChI=1S/C8H2F10O4/c9-5(4(21)22,8(16,17)18)2(7(13,14)15)1(3(19)20)6(10,11)12/h(H,19,20)(H,21,22). The molecule has 1 atom stereocenters. The first-order valence-corrected chi connectivity index (χ1v) is 4.50. The van der Waals surface area contributed by atoms with Crippen LogP contribution in [0.25, 0.3) is 0 Å². The zero-order valence-corrected chi connectivity index (χ0v) is 9.49. The van der Waals surface area contributed by atoms with Crippen molar-refractivity contribution in [3.63, 3.8) is 0 Å². The van der Waals surface area contributed by atoms with Crippen LogP contribution in [0.2, 0.25) is 0 Å². The van der Waals surface area contributed by atoms with E-state index in [1.165, 1.54) is 0 Å². The third-order valence-electron chi connectivity index (χ3n) is 2.06. The van der Waals surface area contributed by atoms with Gasteiger partial charge >= 0.3 is 36.1 Å². The van der Waals surface area contributed by atoms with Crippen LogP contribution in [0, 0.1) is 0 Å². The van der Waals surface area contributed by atoms with E-state index < -0.39 is 47.3 Å². The Hall–Kier alpha value is -2.02. The van der Waals surface area contributed by atoms with Gasteiger partial charge in [0, 0.05) is 0 Å². The van der Waals surface area contributed by atoms with E-state index in [4.69, 9.17) is 10.2 Å². The summed E-state index contributed by atoms with van der Waals surface area (Å²) >= 11 is 0. The van der Waals surface area contributed by atoms with Gasteiger partial charge in [-0.15, -0.1) is 0 Å². The van der Waals surface area contributed by atoms with Crippen molar-refractivity contribution in [2.75, 3.05) is 0 Å². The molecule has 0 rings (SSSR count). The topological polar surface area (TPSA) is 74.6 Å². The summed E-state index contributed by atoms with van der Waals surface area (Å²) in [5, 5.41) is 16.1. The van der Waals surface area contributed by atoms with Crippen LogP contribution in [0.1, 0.15) is 0 Å². The van der Waals surface area contributed by atoms with Crippen LogP contribution in [0.3, 0.4) is 0 Å². The predicted molar refractivity (Wildman–Crippen MR) is 44.3 cm³/mol. The molecule has 4 nitrogen and oxygen atoms in total. The van der Waals surface area contributed by atoms with E-state index in [-0.39, 0.29) is 0 Å². The van der Waals surface area contributed by atoms with E-state index in [0.29, 0.717) is 0 Å². The first-order chi connectivity index (χ1) is 9.38. The number of alkyl halides is 10. The van der Waals surface area contributed by atoms with Crippen molar-refractivity contribution in [3.05, 3.63) is 11.1 Å². The zero-order chi connectivity index (χ0) is 18.3. The average Bonchev–Trinajstić information content (AvgIpc) is 2.18. The van der Waals surface area contributed by atoms with Crippen LogP contribution in [-0.4, -0.2) is 46.3 Å². The second kappa shape index (κ2) is 5.31. The monoisotopic (exact) mass is 352 g/mol. The van der Waals surface area contributed by atoms with Gasteiger partial charge in [0.05, 0.1) is 0 Å². The normalized spacial score (nSPS) is 17.5. The minimum Gasteiger partial charge on any atom is -0.478 e. The molecule has 22 heavy (non-hydrogen) atoms. The molecule has 1 unspecified atom stereocenters. The quantitative estimate of drug-likeness (QED) is 0.605. The van der Waals surface area contributed by atoms with Gasteiger partial charge in [-0.2, -0.15) is 39.5 Å². The van der Waals surface area contributed by atoms with Gasteiger partial charge in [0.1, 0.15) is 5.57 Å². The maximum absolute atomic E-state index is 13.5. The highest BCUT2D eigenvalue weighted by atomic mass is 19.4. The lowest BCUT2D eigenvalue weighted by atomic mass is 9.89. The van der Waals surface area contributed by atoms with Crippen LogP contribution >= 0.6 is 0 Å². The molecular formula is C8H2F10O4. The molecule has 0 aliphatic heterocycles. The van der Waals surface area contributed by atoms with Gasteiger partial charge in [0.25, 0.3) is 0 Å². The number of carboxylic acids is 2. The van der Waals surface area contributed by atoms with Gasteiger partial charge < -0.3 is 10.2 Å². The number of aliphatic carboxylic acids is 2. The maximum atomic E-state index is 13.5. The number of rotatable bonds is 3. The van der Waals surface area contributed by atoms with Crippen LogP contribution < -0.4 is 0 Å². The molecule has 2 N–H and O–H groups in total. The van der Waals surface area contributed by atoms with E-state index >= 15 is 0 Å². The number of carboxylic acid groups (broad SMARTS) is 2. The highest BCUT2D eigenvalue weighted by molar-refractivity contribution is 5.93. The summed E-state index contributed by atoms with van der Waals surface area (Å²) in [6, 6.07) is 0. The molecule has 0 bridgehead atoms. The molecule has 0 amide bonds. The van der Waals surface area contributed by atoms with E-state index in [0.717, 1.165) is 0 Å². The SMILES string of the molecule is O=C(O)C(=C(C(F)(F)F)C(F)(C(=O)O)C(F)(F)F)C(F)(F)F. The van der Waals surface area contributed by atoms with Gasteiger partial charge in [-0.1, -0.05) is 0 Å². The molecule has 0 aromatic heterocycles. The second-order valence-electron chi connectivity index (χ2n) is 3.51. The van der Waals surface area contributed by atoms with Gasteiger partial charge in [-0.25, -0.2) is 14.0 Å². The lowest BCUT2D eigenvalue weighted by Gasteiger charge is -2.29. The van der Waals surface area contributed by atoms with Crippen molar-refractivity contribution >= 4 is 11.9 Å². The van der Waals surface area contributed by atoms with E-state index in [1.807, 2.05) is 0 Å². The van der Waals surface area contributed by atoms with Crippen molar-refractivity contribution in [3.8, 4) is 0 Å². The Balaban J connectivity index is 7.15. The Morgan fingerprint density at radius 2 is 1.05 bits per heavy atom. The Morgan fingerprint density at radius 3 is 1.18 bits per heavy atom. The lowest BCUT2D eigenvalue weighted by molar-refractivity contribution is -0.241. The van der Waals surface area contributed by atoms with Crippen LogP contribution in [0.15, 0.2) is 11.1 Å². The summed E-state index contributed by atoms with van der Waals surface area (Å²) < 4.78 is 124. The van der Waals surface area contributed by atoms with Crippen LogP contribution in [0.5, 0.6) is 0 Å². The third kappa shape index (κ3) is 3.41. The fourth-order valence-electron chi connectivity index (χ4n) is 1.25. The number of hydrogen-bond acceptors (Lipinski definition) is 2. The molecule has 0 aromatic rings. The maximum Gasteiger partial charge on any atom is 0.438 e. The van der Waals surface area contributed by atoms with E-state index in [1.54, 1.807) is 0 Å². The number of halogens is 10. The Labute approximate surface area is 112 Å². The van der Waals surface area contributed by atoms with Gasteiger partial charge in [0.15, 0.2) is 5.57 Å². The molecule has 0 spiro atoms. The lowest BCUT2D eigenvalue weighted by Crippen LogP contribution is -2.55. The Kier molecular flexibility index (Phi) is 4.83. The molecular weight excluding hydrogens is 350 g/mol.